The van der Waals surface area contributed by atoms with Crippen LogP contribution in [0.5, 0.6) is 0 Å². The molecule has 7 aliphatic rings. The molecule has 7 rings (SSSR count). The van der Waals surface area contributed by atoms with E-state index >= 15 is 0 Å². The Kier molecular flexibility index (Phi) is 70.2. The van der Waals surface area contributed by atoms with Gasteiger partial charge < -0.3 is 9.80 Å². The van der Waals surface area contributed by atoms with Gasteiger partial charge in [0, 0.05) is 74.7 Å². The fourth-order valence-electron chi connectivity index (χ4n) is 28.6. The summed E-state index contributed by atoms with van der Waals surface area (Å²) in [6, 6.07) is -1.50. The Balaban J connectivity index is 0.829. The van der Waals surface area contributed by atoms with Crippen LogP contribution in [0.15, 0.2) is 48.6 Å². The van der Waals surface area contributed by atoms with E-state index in [0.29, 0.717) is 50.4 Å². The summed E-state index contributed by atoms with van der Waals surface area (Å²) < 4.78 is 0. The van der Waals surface area contributed by atoms with E-state index in [-0.39, 0.29) is 71.9 Å². The van der Waals surface area contributed by atoms with Crippen LogP contribution in [-0.2, 0) is 47.9 Å². The van der Waals surface area contributed by atoms with Crippen LogP contribution in [-0.4, -0.2) is 140 Å². The summed E-state index contributed by atoms with van der Waals surface area (Å²) in [5.74, 6) is 8.13. The Bertz CT molecular complexity index is 3680. The number of carbonyl (C=O) groups is 10. The Hall–Kier alpha value is -5.54. The van der Waals surface area contributed by atoms with Crippen LogP contribution >= 0.6 is 0 Å². The van der Waals surface area contributed by atoms with Crippen molar-refractivity contribution in [1.82, 2.24) is 29.4 Å². The highest BCUT2D eigenvalue weighted by molar-refractivity contribution is 6.13. The van der Waals surface area contributed by atoms with Crippen LogP contribution in [0.25, 0.3) is 0 Å². The number of nitrogens with zero attached hydrogens (tertiary/aromatic N) is 6. The molecule has 0 aromatic heterocycles. The van der Waals surface area contributed by atoms with Crippen LogP contribution in [0.4, 0.5) is 0 Å². The van der Waals surface area contributed by atoms with E-state index in [1.807, 2.05) is 0 Å². The SMILES string of the molecule is C=C(C)C(=O)N(CCCCCCCCC1CCC(CCCCCC)C(CCCCCCCC)C1CCCCCCCCN(C(=O)C(=C)C)C1CC(=O)N(CCCCCCCCC2C(CCCCCCCCN3C(=O)C=CC3=O)CCC(CCCCCC)C2CCCCCCCC)C1=O)C1CC(=O)N(CCCCCCCCC2C(CCCCCCCCN3C(=O)C=CC3=O)CCC(CCCCCC)C2CCCCCCCC)C1=O. The molecule has 0 N–H and O–H groups in total. The van der Waals surface area contributed by atoms with Gasteiger partial charge in [0.2, 0.25) is 23.6 Å². The Morgan fingerprint density at radius 2 is 0.392 bits per heavy atom. The number of imide groups is 4. The second kappa shape index (κ2) is 80.3. The van der Waals surface area contributed by atoms with Gasteiger partial charge in [0.05, 0.1) is 12.8 Å². The molecule has 14 atom stereocenters. The Morgan fingerprint density at radius 3 is 0.588 bits per heavy atom. The number of hydrogen-bond acceptors (Lipinski definition) is 10. The first-order valence-electron chi connectivity index (χ1n) is 64.9. The average molecular weight is 2060 g/mol. The first kappa shape index (κ1) is 129. The van der Waals surface area contributed by atoms with Crippen LogP contribution in [0, 0.1) is 71.0 Å². The quantitative estimate of drug-likeness (QED) is 0.0322. The predicted octanol–water partition coefficient (Wildman–Crippen LogP) is 35.2. The zero-order valence-electron chi connectivity index (χ0n) is 97.6. The van der Waals surface area contributed by atoms with Crippen LogP contribution in [0.2, 0.25) is 0 Å². The largest absolute Gasteiger partial charge is 0.326 e. The zero-order chi connectivity index (χ0) is 106. The number of unbranched alkanes of at least 4 members (excludes halogenated alkanes) is 54. The van der Waals surface area contributed by atoms with Crippen molar-refractivity contribution in [3.63, 3.8) is 0 Å². The topological polar surface area (TPSA) is 190 Å². The van der Waals surface area contributed by atoms with Crippen LogP contribution < -0.4 is 0 Å². The Labute approximate surface area is 909 Å². The van der Waals surface area contributed by atoms with Gasteiger partial charge in [-0.25, -0.2) is 0 Å². The van der Waals surface area contributed by atoms with Gasteiger partial charge in [-0.3, -0.25) is 67.5 Å². The van der Waals surface area contributed by atoms with E-state index in [1.54, 1.807) is 23.6 Å². The monoisotopic (exact) mass is 2060 g/mol. The fourth-order valence-corrected chi connectivity index (χ4v) is 28.6. The molecule has 3 saturated carbocycles. The minimum atomic E-state index is -0.752. The number of amides is 10. The second-order valence-electron chi connectivity index (χ2n) is 49.0. The van der Waals surface area contributed by atoms with E-state index in [1.165, 1.54) is 468 Å². The van der Waals surface area contributed by atoms with Crippen molar-refractivity contribution < 1.29 is 47.9 Å². The minimum absolute atomic E-state index is 0.0651. The number of rotatable bonds is 94. The molecule has 10 amide bonds. The molecule has 0 radical (unpaired) electrons. The van der Waals surface area contributed by atoms with E-state index in [9.17, 15) is 47.9 Å². The van der Waals surface area contributed by atoms with Gasteiger partial charge in [-0.2, -0.15) is 0 Å². The maximum atomic E-state index is 14.3. The second-order valence-corrected chi connectivity index (χ2v) is 49.0. The smallest absolute Gasteiger partial charge is 0.253 e. The van der Waals surface area contributed by atoms with Gasteiger partial charge >= 0.3 is 0 Å². The predicted molar refractivity (Wildman–Crippen MR) is 619 cm³/mol. The molecule has 2 saturated heterocycles. The molecule has 5 fully saturated rings. The molecule has 3 aliphatic carbocycles. The molecule has 14 unspecified atom stereocenters. The molecule has 0 spiro atoms. The van der Waals surface area contributed by atoms with Gasteiger partial charge in [0.15, 0.2) is 0 Å². The minimum Gasteiger partial charge on any atom is -0.326 e. The molecule has 16 heteroatoms. The van der Waals surface area contributed by atoms with Gasteiger partial charge in [0.25, 0.3) is 35.4 Å². The highest BCUT2D eigenvalue weighted by atomic mass is 16.2. The lowest BCUT2D eigenvalue weighted by Crippen LogP contribution is -2.46. The van der Waals surface area contributed by atoms with E-state index in [4.69, 9.17) is 0 Å². The molecule has 0 aromatic carbocycles. The van der Waals surface area contributed by atoms with Gasteiger partial charge in [0.1, 0.15) is 12.1 Å². The third-order valence-electron chi connectivity index (χ3n) is 37.4. The third-order valence-corrected chi connectivity index (χ3v) is 37.4. The number of likely N-dealkylation sites (tertiary alicyclic amines) is 2. The van der Waals surface area contributed by atoms with Crippen LogP contribution in [0.3, 0.4) is 0 Å². The highest BCUT2D eigenvalue weighted by Crippen LogP contribution is 2.52. The first-order valence-corrected chi connectivity index (χ1v) is 64.9. The van der Waals surface area contributed by atoms with Crippen molar-refractivity contribution in [2.24, 2.45) is 71.0 Å². The lowest BCUT2D eigenvalue weighted by atomic mass is 9.61. The average Bonchev–Trinajstić information content (AvgIpc) is 1.71. The normalized spacial score (nSPS) is 22.7. The lowest BCUT2D eigenvalue weighted by Gasteiger charge is -2.44. The summed E-state index contributed by atoms with van der Waals surface area (Å²) in [7, 11) is 0. The summed E-state index contributed by atoms with van der Waals surface area (Å²) in [6.45, 7) is 28.4. The van der Waals surface area contributed by atoms with Gasteiger partial charge in [-0.05, 0) is 200 Å². The molecule has 148 heavy (non-hydrogen) atoms. The Morgan fingerprint density at radius 1 is 0.230 bits per heavy atom. The van der Waals surface area contributed by atoms with Crippen molar-refractivity contribution >= 4 is 59.1 Å². The van der Waals surface area contributed by atoms with E-state index < -0.39 is 12.1 Å². The van der Waals surface area contributed by atoms with E-state index in [2.05, 4.69) is 54.7 Å². The zero-order valence-corrected chi connectivity index (χ0v) is 97.6. The molecule has 848 valence electrons. The molecule has 16 nitrogen and oxygen atoms in total. The van der Waals surface area contributed by atoms with Crippen LogP contribution in [0.1, 0.15) is 608 Å². The lowest BCUT2D eigenvalue weighted by molar-refractivity contribution is -0.143. The number of hydrogen-bond donors (Lipinski definition) is 0. The summed E-state index contributed by atoms with van der Waals surface area (Å²) in [6.07, 6.45) is 111. The third kappa shape index (κ3) is 49.3. The molecule has 0 bridgehead atoms. The maximum Gasteiger partial charge on any atom is 0.253 e. The molecule has 4 heterocycles. The molecular weight excluding hydrogens is 1830 g/mol. The van der Waals surface area contributed by atoms with Crippen molar-refractivity contribution in [1.29, 1.82) is 0 Å². The van der Waals surface area contributed by atoms with E-state index in [0.717, 1.165) is 187 Å². The van der Waals surface area contributed by atoms with Crippen molar-refractivity contribution in [2.75, 3.05) is 39.3 Å². The van der Waals surface area contributed by atoms with Gasteiger partial charge in [-0.15, -0.1) is 0 Å². The summed E-state index contributed by atoms with van der Waals surface area (Å²) in [4.78, 5) is 142. The molecule has 4 aliphatic heterocycles. The molecular formula is C132H230N6O10. The fraction of sp³-hybridized carbons (Fsp3) is 0.864. The van der Waals surface area contributed by atoms with Crippen molar-refractivity contribution in [3.05, 3.63) is 48.6 Å². The highest BCUT2D eigenvalue weighted by Gasteiger charge is 2.47. The summed E-state index contributed by atoms with van der Waals surface area (Å²) in [5, 5.41) is 0. The summed E-state index contributed by atoms with van der Waals surface area (Å²) >= 11 is 0. The standard InChI is InChI=1S/C132H230N6O10/c1-11-17-23-29-47-65-83-115-109(77-59-26-20-14-4)89-92-112(80-62-44-32-38-53-71-99-133(129(145)107(7)8)121-105-127(143)137(131(121)147)103-75-57-42-36-51-69-87-119-113(81-63-45-33-39-55-73-101-135-123(139)95-96-124(135)140)93-90-110(78-60-27-21-15-5)116(119)84-66-48-30-24-18-12-2)118(115)86-68-50-35-41-54-72-100-134(130(146)108(9)10)122-106-128(144)138(132(122)148)104-76-58-43-37-52-70-88-120-114(82-64-46-34-40-56-74-102-136-125(141)97-98-126(136)142)94-91-111(79-61-28-22-16-6)117(120)85-67-49-31-25-19-13-3/h95-98,109-122H,7,9,11-94,99-106H2,1-6,8,10H3. The van der Waals surface area contributed by atoms with Gasteiger partial charge in [-0.1, -0.05) is 478 Å². The van der Waals surface area contributed by atoms with Crippen molar-refractivity contribution in [2.45, 2.75) is 620 Å². The maximum absolute atomic E-state index is 14.3. The summed E-state index contributed by atoms with van der Waals surface area (Å²) in [5.41, 5.74) is 0.832. The first-order chi connectivity index (χ1) is 72.2. The van der Waals surface area contributed by atoms with Crippen molar-refractivity contribution in [3.8, 4) is 0 Å². The molecule has 0 aromatic rings. The number of carbonyl (C=O) groups excluding carboxylic acids is 10.